The highest BCUT2D eigenvalue weighted by Gasteiger charge is 2.36. The van der Waals surface area contributed by atoms with E-state index in [0.29, 0.717) is 25.4 Å². The van der Waals surface area contributed by atoms with Gasteiger partial charge in [-0.05, 0) is 46.7 Å². The maximum atomic E-state index is 11.8. The monoisotopic (exact) mass is 287 g/mol. The predicted molar refractivity (Wildman–Crippen MR) is 79.9 cm³/mol. The van der Waals surface area contributed by atoms with E-state index in [1.165, 1.54) is 0 Å². The molecule has 0 aliphatic carbocycles. The topological polar surface area (TPSA) is 81.7 Å². The van der Waals surface area contributed by atoms with Crippen LogP contribution in [-0.4, -0.2) is 53.7 Å². The lowest BCUT2D eigenvalue weighted by atomic mass is 9.93. The van der Waals surface area contributed by atoms with Crippen molar-refractivity contribution in [3.63, 3.8) is 0 Å². The minimum atomic E-state index is -1.17. The minimum Gasteiger partial charge on any atom is -0.480 e. The van der Waals surface area contributed by atoms with Crippen LogP contribution in [0.2, 0.25) is 0 Å². The normalized spacial score (nSPS) is 11.8. The standard InChI is InChI=1S/C14H29N3O3/c1-6-14(7-2,12(18)19)16-13(20)15-9-8-10-17(5)11(3)4/h11H,6-10H2,1-5H3,(H,18,19)(H2,15,16,20). The van der Waals surface area contributed by atoms with Gasteiger partial charge in [0.1, 0.15) is 5.54 Å². The van der Waals surface area contributed by atoms with Gasteiger partial charge in [0.2, 0.25) is 0 Å². The second kappa shape index (κ2) is 8.79. The average Bonchev–Trinajstić information content (AvgIpc) is 2.40. The fraction of sp³-hybridized carbons (Fsp3) is 0.857. The van der Waals surface area contributed by atoms with Crippen LogP contribution >= 0.6 is 0 Å². The van der Waals surface area contributed by atoms with Crippen molar-refractivity contribution in [1.29, 1.82) is 0 Å². The van der Waals surface area contributed by atoms with Gasteiger partial charge in [-0.2, -0.15) is 0 Å². The predicted octanol–water partition coefficient (Wildman–Crippen LogP) is 1.66. The van der Waals surface area contributed by atoms with Crippen LogP contribution < -0.4 is 10.6 Å². The summed E-state index contributed by atoms with van der Waals surface area (Å²) in [5.41, 5.74) is -1.17. The highest BCUT2D eigenvalue weighted by Crippen LogP contribution is 2.15. The number of carboxylic acid groups (broad SMARTS) is 1. The molecule has 0 aromatic heterocycles. The third-order valence-corrected chi connectivity index (χ3v) is 3.82. The summed E-state index contributed by atoms with van der Waals surface area (Å²) in [6.07, 6.45) is 1.56. The van der Waals surface area contributed by atoms with Crippen LogP contribution in [0.3, 0.4) is 0 Å². The van der Waals surface area contributed by atoms with Gasteiger partial charge in [0.05, 0.1) is 0 Å². The lowest BCUT2D eigenvalue weighted by molar-refractivity contribution is -0.144. The largest absolute Gasteiger partial charge is 0.480 e. The number of amides is 2. The quantitative estimate of drug-likeness (QED) is 0.563. The van der Waals surface area contributed by atoms with Crippen LogP contribution in [0.5, 0.6) is 0 Å². The zero-order chi connectivity index (χ0) is 15.8. The molecular weight excluding hydrogens is 258 g/mol. The Hall–Kier alpha value is -1.30. The molecule has 0 aliphatic heterocycles. The summed E-state index contributed by atoms with van der Waals surface area (Å²) in [7, 11) is 2.04. The number of urea groups is 1. The molecule has 0 atom stereocenters. The SMILES string of the molecule is CCC(CC)(NC(=O)NCCCN(C)C(C)C)C(=O)O. The molecule has 6 nitrogen and oxygen atoms in total. The van der Waals surface area contributed by atoms with Gasteiger partial charge in [-0.15, -0.1) is 0 Å². The fourth-order valence-electron chi connectivity index (χ4n) is 1.83. The van der Waals surface area contributed by atoms with E-state index < -0.39 is 17.5 Å². The maximum Gasteiger partial charge on any atom is 0.329 e. The first kappa shape index (κ1) is 18.7. The molecular formula is C14H29N3O3. The molecule has 0 radical (unpaired) electrons. The smallest absolute Gasteiger partial charge is 0.329 e. The van der Waals surface area contributed by atoms with Gasteiger partial charge in [0.25, 0.3) is 0 Å². The number of hydrogen-bond donors (Lipinski definition) is 3. The van der Waals surface area contributed by atoms with E-state index in [0.717, 1.165) is 13.0 Å². The number of nitrogens with zero attached hydrogens (tertiary/aromatic N) is 1. The number of carboxylic acids is 1. The van der Waals surface area contributed by atoms with Crippen LogP contribution in [0.15, 0.2) is 0 Å². The molecule has 0 rings (SSSR count). The summed E-state index contributed by atoms with van der Waals surface area (Å²) in [6.45, 7) is 9.17. The molecule has 2 amide bonds. The second-order valence-corrected chi connectivity index (χ2v) is 5.40. The summed E-state index contributed by atoms with van der Waals surface area (Å²) in [5.74, 6) is -0.989. The van der Waals surface area contributed by atoms with Crippen molar-refractivity contribution in [2.24, 2.45) is 0 Å². The molecule has 0 saturated heterocycles. The number of carbonyl (C=O) groups is 2. The third kappa shape index (κ3) is 5.77. The number of aliphatic carboxylic acids is 1. The van der Waals surface area contributed by atoms with Crippen LogP contribution in [0.1, 0.15) is 47.0 Å². The number of rotatable bonds is 9. The van der Waals surface area contributed by atoms with Gasteiger partial charge in [-0.25, -0.2) is 9.59 Å². The summed E-state index contributed by atoms with van der Waals surface area (Å²) in [4.78, 5) is 25.2. The molecule has 20 heavy (non-hydrogen) atoms. The van der Waals surface area contributed by atoms with E-state index in [4.69, 9.17) is 0 Å². The average molecular weight is 287 g/mol. The minimum absolute atomic E-state index is 0.363. The summed E-state index contributed by atoms with van der Waals surface area (Å²) in [6, 6.07) is 0.0620. The molecule has 0 spiro atoms. The Morgan fingerprint density at radius 1 is 1.25 bits per heavy atom. The molecule has 118 valence electrons. The van der Waals surface area contributed by atoms with Gasteiger partial charge in [-0.3, -0.25) is 0 Å². The molecule has 0 bridgehead atoms. The first-order valence-corrected chi connectivity index (χ1v) is 7.28. The molecule has 3 N–H and O–H groups in total. The summed E-state index contributed by atoms with van der Waals surface area (Å²) in [5, 5.41) is 14.5. The Morgan fingerprint density at radius 3 is 2.20 bits per heavy atom. The molecule has 0 saturated carbocycles. The Labute approximate surface area is 121 Å². The van der Waals surface area contributed by atoms with Crippen LogP contribution in [0.4, 0.5) is 4.79 Å². The van der Waals surface area contributed by atoms with Gasteiger partial charge in [0.15, 0.2) is 0 Å². The molecule has 0 heterocycles. The fourth-order valence-corrected chi connectivity index (χ4v) is 1.83. The van der Waals surface area contributed by atoms with Crippen molar-refractivity contribution in [1.82, 2.24) is 15.5 Å². The molecule has 6 heteroatoms. The van der Waals surface area contributed by atoms with E-state index in [1.54, 1.807) is 13.8 Å². The highest BCUT2D eigenvalue weighted by molar-refractivity contribution is 5.86. The third-order valence-electron chi connectivity index (χ3n) is 3.82. The van der Waals surface area contributed by atoms with Crippen molar-refractivity contribution in [3.05, 3.63) is 0 Å². The highest BCUT2D eigenvalue weighted by atomic mass is 16.4. The van der Waals surface area contributed by atoms with E-state index >= 15 is 0 Å². The van der Waals surface area contributed by atoms with Gasteiger partial charge in [0, 0.05) is 12.6 Å². The second-order valence-electron chi connectivity index (χ2n) is 5.40. The van der Waals surface area contributed by atoms with Crippen LogP contribution in [-0.2, 0) is 4.79 Å². The van der Waals surface area contributed by atoms with Gasteiger partial charge in [-0.1, -0.05) is 13.8 Å². The zero-order valence-corrected chi connectivity index (χ0v) is 13.3. The van der Waals surface area contributed by atoms with Crippen molar-refractivity contribution in [2.45, 2.75) is 58.5 Å². The summed E-state index contributed by atoms with van der Waals surface area (Å²) >= 11 is 0. The van der Waals surface area contributed by atoms with E-state index in [1.807, 2.05) is 7.05 Å². The molecule has 0 aromatic carbocycles. The molecule has 0 aliphatic rings. The Bertz CT molecular complexity index is 315. The number of carbonyl (C=O) groups excluding carboxylic acids is 1. The Morgan fingerprint density at radius 2 is 1.80 bits per heavy atom. The first-order chi connectivity index (χ1) is 9.29. The van der Waals surface area contributed by atoms with Crippen molar-refractivity contribution >= 4 is 12.0 Å². The van der Waals surface area contributed by atoms with Crippen molar-refractivity contribution < 1.29 is 14.7 Å². The number of hydrogen-bond acceptors (Lipinski definition) is 3. The van der Waals surface area contributed by atoms with Crippen LogP contribution in [0, 0.1) is 0 Å². The number of nitrogens with one attached hydrogen (secondary N) is 2. The van der Waals surface area contributed by atoms with E-state index in [-0.39, 0.29) is 0 Å². The molecule has 0 unspecified atom stereocenters. The lowest BCUT2D eigenvalue weighted by Gasteiger charge is -2.28. The molecule has 0 aromatic rings. The van der Waals surface area contributed by atoms with Gasteiger partial charge >= 0.3 is 12.0 Å². The van der Waals surface area contributed by atoms with Crippen molar-refractivity contribution in [3.8, 4) is 0 Å². The van der Waals surface area contributed by atoms with Gasteiger partial charge < -0.3 is 20.6 Å². The van der Waals surface area contributed by atoms with E-state index in [9.17, 15) is 14.7 Å². The zero-order valence-electron chi connectivity index (χ0n) is 13.3. The Balaban J connectivity index is 4.13. The lowest BCUT2D eigenvalue weighted by Crippen LogP contribution is -2.56. The maximum absolute atomic E-state index is 11.8. The Kier molecular flexibility index (Phi) is 8.22. The molecule has 0 fully saturated rings. The van der Waals surface area contributed by atoms with Crippen molar-refractivity contribution in [2.75, 3.05) is 20.1 Å². The first-order valence-electron chi connectivity index (χ1n) is 7.28. The summed E-state index contributed by atoms with van der Waals surface area (Å²) < 4.78 is 0. The van der Waals surface area contributed by atoms with E-state index in [2.05, 4.69) is 29.4 Å². The van der Waals surface area contributed by atoms with Crippen LogP contribution in [0.25, 0.3) is 0 Å².